The number of benzene rings is 2. The number of methoxy groups -OCH3 is 2. The molecule has 1 aromatic heterocycles. The van der Waals surface area contributed by atoms with Crippen LogP contribution in [-0.4, -0.2) is 26.2 Å². The summed E-state index contributed by atoms with van der Waals surface area (Å²) < 4.78 is 17.3. The third-order valence-corrected chi connectivity index (χ3v) is 6.62. The molecule has 33 heavy (non-hydrogen) atoms. The Kier molecular flexibility index (Phi) is 7.07. The van der Waals surface area contributed by atoms with Gasteiger partial charge in [-0.2, -0.15) is 0 Å². The minimum Gasteiger partial charge on any atom is -0.496 e. The molecule has 0 radical (unpaired) electrons. The Hall–Kier alpha value is -3.21. The Bertz CT molecular complexity index is 1170. The van der Waals surface area contributed by atoms with Crippen LogP contribution in [0, 0.1) is 6.92 Å². The highest BCUT2D eigenvalue weighted by Crippen LogP contribution is 2.42. The Balaban J connectivity index is 1.73. The highest BCUT2D eigenvalue weighted by atomic mass is 16.5. The number of para-hydroxylation sites is 1. The van der Waals surface area contributed by atoms with Crippen LogP contribution in [0.5, 0.6) is 11.5 Å². The normalized spacial score (nSPS) is 15.3. The van der Waals surface area contributed by atoms with Crippen molar-refractivity contribution in [2.24, 2.45) is 0 Å². The van der Waals surface area contributed by atoms with Gasteiger partial charge in [-0.25, -0.2) is 0 Å². The predicted octanol–water partition coefficient (Wildman–Crippen LogP) is 6.67. The topological polar surface area (TPSA) is 60.7 Å². The van der Waals surface area contributed by atoms with Gasteiger partial charge in [-0.3, -0.25) is 4.79 Å². The lowest BCUT2D eigenvalue weighted by Crippen LogP contribution is -2.33. The lowest BCUT2D eigenvalue weighted by atomic mass is 9.96. The second kappa shape index (κ2) is 10.2. The van der Waals surface area contributed by atoms with Crippen LogP contribution in [0.15, 0.2) is 47.1 Å². The first-order valence-electron chi connectivity index (χ1n) is 11.7. The van der Waals surface area contributed by atoms with Gasteiger partial charge in [-0.1, -0.05) is 43.9 Å². The van der Waals surface area contributed by atoms with E-state index in [-0.39, 0.29) is 11.9 Å². The van der Waals surface area contributed by atoms with E-state index >= 15 is 0 Å². The van der Waals surface area contributed by atoms with Gasteiger partial charge in [-0.15, -0.1) is 0 Å². The van der Waals surface area contributed by atoms with Crippen LogP contribution in [0.2, 0.25) is 0 Å². The third-order valence-electron chi connectivity index (χ3n) is 6.62. The summed E-state index contributed by atoms with van der Waals surface area (Å²) in [5.41, 5.74) is 5.33. The van der Waals surface area contributed by atoms with Crippen molar-refractivity contribution in [2.75, 3.05) is 14.2 Å². The fourth-order valence-corrected chi connectivity index (χ4v) is 4.89. The molecule has 1 heterocycles. The summed E-state index contributed by atoms with van der Waals surface area (Å²) in [6.45, 7) is 3.94. The van der Waals surface area contributed by atoms with Crippen LogP contribution in [-0.2, 0) is 4.79 Å². The van der Waals surface area contributed by atoms with E-state index in [0.717, 1.165) is 63.1 Å². The second-order valence-electron chi connectivity index (χ2n) is 8.83. The van der Waals surface area contributed by atoms with Gasteiger partial charge in [0.2, 0.25) is 5.91 Å². The summed E-state index contributed by atoms with van der Waals surface area (Å²) in [4.78, 5) is 12.8. The molecule has 0 atom stereocenters. The van der Waals surface area contributed by atoms with E-state index in [4.69, 9.17) is 13.9 Å². The summed E-state index contributed by atoms with van der Waals surface area (Å²) in [5.74, 6) is 1.46. The van der Waals surface area contributed by atoms with Gasteiger partial charge in [0.1, 0.15) is 17.1 Å². The largest absolute Gasteiger partial charge is 0.496 e. The number of carbonyl (C=O) groups excluding carboxylic acids is 1. The molecule has 5 nitrogen and oxygen atoms in total. The Morgan fingerprint density at radius 3 is 2.48 bits per heavy atom. The molecule has 1 N–H and O–H groups in total. The van der Waals surface area contributed by atoms with Crippen LogP contribution < -0.4 is 14.8 Å². The molecule has 0 unspecified atom stereocenters. The van der Waals surface area contributed by atoms with Crippen LogP contribution >= 0.6 is 0 Å². The standard InChI is InChI=1S/C28H33NO4/c1-18(15-26(30)29-20-11-7-5-6-8-12-20)22-16-23-24(21-13-9-10-14-25(21)31-3)17-33-28(23)19(2)27(22)32-4/h9-10,13-17,20H,5-8,11-12H2,1-4H3,(H,29,30)/b18-15+. The van der Waals surface area contributed by atoms with E-state index < -0.39 is 0 Å². The van der Waals surface area contributed by atoms with Crippen LogP contribution in [0.3, 0.4) is 0 Å². The maximum absolute atomic E-state index is 12.8. The lowest BCUT2D eigenvalue weighted by molar-refractivity contribution is -0.117. The molecule has 1 fully saturated rings. The molecule has 2 aromatic carbocycles. The van der Waals surface area contributed by atoms with E-state index in [2.05, 4.69) is 11.4 Å². The summed E-state index contributed by atoms with van der Waals surface area (Å²) in [6, 6.07) is 10.2. The van der Waals surface area contributed by atoms with Gasteiger partial charge in [-0.05, 0) is 44.4 Å². The summed E-state index contributed by atoms with van der Waals surface area (Å²) >= 11 is 0. The fourth-order valence-electron chi connectivity index (χ4n) is 4.89. The van der Waals surface area contributed by atoms with Gasteiger partial charge in [0.15, 0.2) is 0 Å². The highest BCUT2D eigenvalue weighted by molar-refractivity contribution is 6.02. The molecule has 0 spiro atoms. The molecule has 1 aliphatic rings. The number of fused-ring (bicyclic) bond motifs is 1. The molecule has 0 bridgehead atoms. The molecular weight excluding hydrogens is 414 g/mol. The number of aryl methyl sites for hydroxylation is 1. The average Bonchev–Trinajstić information content (AvgIpc) is 3.08. The Labute approximate surface area is 195 Å². The van der Waals surface area contributed by atoms with E-state index in [1.165, 1.54) is 25.7 Å². The Morgan fingerprint density at radius 2 is 1.79 bits per heavy atom. The minimum atomic E-state index is -0.0450. The van der Waals surface area contributed by atoms with Crippen LogP contribution in [0.25, 0.3) is 27.7 Å². The minimum absolute atomic E-state index is 0.0450. The first-order valence-corrected chi connectivity index (χ1v) is 11.7. The maximum atomic E-state index is 12.8. The van der Waals surface area contributed by atoms with Gasteiger partial charge in [0.25, 0.3) is 0 Å². The number of allylic oxidation sites excluding steroid dienone is 1. The van der Waals surface area contributed by atoms with Gasteiger partial charge < -0.3 is 19.2 Å². The number of amides is 1. The first kappa shape index (κ1) is 23.0. The molecule has 0 aliphatic heterocycles. The molecule has 1 saturated carbocycles. The van der Waals surface area contributed by atoms with Crippen molar-refractivity contribution in [3.8, 4) is 22.6 Å². The Morgan fingerprint density at radius 1 is 1.06 bits per heavy atom. The zero-order valence-corrected chi connectivity index (χ0v) is 20.0. The molecule has 4 rings (SSSR count). The molecule has 174 valence electrons. The number of hydrogen-bond donors (Lipinski definition) is 1. The SMILES string of the molecule is COc1ccccc1-c1coc2c(C)c(OC)c(/C(C)=C/C(=O)NC3CCCCCC3)cc12. The van der Waals surface area contributed by atoms with Crippen molar-refractivity contribution >= 4 is 22.4 Å². The highest BCUT2D eigenvalue weighted by Gasteiger charge is 2.20. The van der Waals surface area contributed by atoms with Gasteiger partial charge >= 0.3 is 0 Å². The summed E-state index contributed by atoms with van der Waals surface area (Å²) in [6.07, 6.45) is 10.5. The number of furan rings is 1. The summed E-state index contributed by atoms with van der Waals surface area (Å²) in [5, 5.41) is 4.17. The van der Waals surface area contributed by atoms with Crippen molar-refractivity contribution in [3.63, 3.8) is 0 Å². The molecule has 1 amide bonds. The van der Waals surface area contributed by atoms with Gasteiger partial charge in [0.05, 0.1) is 20.5 Å². The van der Waals surface area contributed by atoms with Crippen molar-refractivity contribution in [1.82, 2.24) is 5.32 Å². The maximum Gasteiger partial charge on any atom is 0.244 e. The first-order chi connectivity index (χ1) is 16.0. The molecule has 1 aliphatic carbocycles. The van der Waals surface area contributed by atoms with Crippen LogP contribution in [0.1, 0.15) is 56.6 Å². The molecule has 3 aromatic rings. The van der Waals surface area contributed by atoms with Crippen LogP contribution in [0.4, 0.5) is 0 Å². The fraction of sp³-hybridized carbons (Fsp3) is 0.393. The van der Waals surface area contributed by atoms with Crippen molar-refractivity contribution in [3.05, 3.63) is 53.8 Å². The van der Waals surface area contributed by atoms with Crippen molar-refractivity contribution in [2.45, 2.75) is 58.4 Å². The predicted molar refractivity (Wildman–Crippen MR) is 133 cm³/mol. The number of nitrogens with one attached hydrogen (secondary N) is 1. The summed E-state index contributed by atoms with van der Waals surface area (Å²) in [7, 11) is 3.32. The number of carbonyl (C=O) groups is 1. The van der Waals surface area contributed by atoms with E-state index in [1.54, 1.807) is 26.6 Å². The zero-order chi connectivity index (χ0) is 23.4. The quantitative estimate of drug-likeness (QED) is 0.339. The number of ether oxygens (including phenoxy) is 2. The van der Waals surface area contributed by atoms with Crippen molar-refractivity contribution in [1.29, 1.82) is 0 Å². The zero-order valence-electron chi connectivity index (χ0n) is 20.0. The van der Waals surface area contributed by atoms with E-state index in [0.29, 0.717) is 0 Å². The lowest BCUT2D eigenvalue weighted by Gasteiger charge is -2.16. The van der Waals surface area contributed by atoms with Gasteiger partial charge in [0, 0.05) is 39.8 Å². The third kappa shape index (κ3) is 4.77. The number of rotatable bonds is 6. The van der Waals surface area contributed by atoms with E-state index in [9.17, 15) is 4.79 Å². The number of hydrogen-bond acceptors (Lipinski definition) is 4. The molecule has 0 saturated heterocycles. The monoisotopic (exact) mass is 447 g/mol. The second-order valence-corrected chi connectivity index (χ2v) is 8.83. The van der Waals surface area contributed by atoms with Crippen molar-refractivity contribution < 1.29 is 18.7 Å². The molecule has 5 heteroatoms. The molecular formula is C28H33NO4. The average molecular weight is 448 g/mol. The smallest absolute Gasteiger partial charge is 0.244 e. The van der Waals surface area contributed by atoms with E-state index in [1.807, 2.05) is 38.1 Å².